The van der Waals surface area contributed by atoms with E-state index in [0.29, 0.717) is 17.1 Å². The fourth-order valence-electron chi connectivity index (χ4n) is 2.19. The molecule has 2 amide bonds. The van der Waals surface area contributed by atoms with Gasteiger partial charge in [-0.3, -0.25) is 0 Å². The van der Waals surface area contributed by atoms with Crippen LogP contribution >= 0.6 is 11.3 Å². The predicted octanol–water partition coefficient (Wildman–Crippen LogP) is 2.71. The standard InChI is InChI=1S/C13H12N4OS/c14-7-5-8(17-13(16)18)11(15)10-6-3-1-2-4-9(6)19-12(7)10/h1-5H,14-15H2,(H3,16,17,18). The molecule has 0 saturated carbocycles. The van der Waals surface area contributed by atoms with Crippen molar-refractivity contribution >= 4 is 54.6 Å². The molecular weight excluding hydrogens is 260 g/mol. The summed E-state index contributed by atoms with van der Waals surface area (Å²) in [7, 11) is 0. The second-order valence-electron chi connectivity index (χ2n) is 4.22. The molecule has 3 rings (SSSR count). The average Bonchev–Trinajstić information content (AvgIpc) is 2.75. The monoisotopic (exact) mass is 272 g/mol. The number of amides is 2. The minimum absolute atomic E-state index is 0.445. The van der Waals surface area contributed by atoms with E-state index in [9.17, 15) is 4.79 Å². The summed E-state index contributed by atoms with van der Waals surface area (Å²) in [4.78, 5) is 11.0. The third kappa shape index (κ3) is 1.73. The fraction of sp³-hybridized carbons (Fsp3) is 0. The van der Waals surface area contributed by atoms with Crippen LogP contribution in [-0.4, -0.2) is 6.03 Å². The van der Waals surface area contributed by atoms with E-state index in [4.69, 9.17) is 17.2 Å². The van der Waals surface area contributed by atoms with Gasteiger partial charge in [0.1, 0.15) is 0 Å². The van der Waals surface area contributed by atoms with E-state index in [0.717, 1.165) is 20.2 Å². The van der Waals surface area contributed by atoms with Crippen LogP contribution in [0, 0.1) is 0 Å². The Morgan fingerprint density at radius 1 is 1.21 bits per heavy atom. The Morgan fingerprint density at radius 2 is 1.95 bits per heavy atom. The number of thiophene rings is 1. The zero-order chi connectivity index (χ0) is 13.6. The molecule has 6 heteroatoms. The number of carbonyl (C=O) groups excluding carboxylic acids is 1. The summed E-state index contributed by atoms with van der Waals surface area (Å²) in [5.41, 5.74) is 18.8. The van der Waals surface area contributed by atoms with Gasteiger partial charge in [-0.1, -0.05) is 18.2 Å². The van der Waals surface area contributed by atoms with Crippen molar-refractivity contribution in [3.05, 3.63) is 30.3 Å². The number of nitrogens with one attached hydrogen (secondary N) is 1. The minimum Gasteiger partial charge on any atom is -0.398 e. The third-order valence-electron chi connectivity index (χ3n) is 2.97. The molecule has 0 saturated heterocycles. The molecule has 0 unspecified atom stereocenters. The van der Waals surface area contributed by atoms with Gasteiger partial charge in [0, 0.05) is 15.5 Å². The Balaban J connectivity index is 2.42. The van der Waals surface area contributed by atoms with Crippen molar-refractivity contribution in [1.29, 1.82) is 0 Å². The SMILES string of the molecule is NC(=O)Nc1cc(N)c2sc3ccccc3c2c1N. The van der Waals surface area contributed by atoms with E-state index in [1.54, 1.807) is 17.4 Å². The van der Waals surface area contributed by atoms with Crippen molar-refractivity contribution in [1.82, 2.24) is 0 Å². The number of hydrogen-bond donors (Lipinski definition) is 4. The molecule has 2 aromatic carbocycles. The highest BCUT2D eigenvalue weighted by atomic mass is 32.1. The number of hydrogen-bond acceptors (Lipinski definition) is 4. The summed E-state index contributed by atoms with van der Waals surface area (Å²) >= 11 is 1.58. The molecule has 5 nitrogen and oxygen atoms in total. The molecule has 19 heavy (non-hydrogen) atoms. The van der Waals surface area contributed by atoms with E-state index in [1.165, 1.54) is 0 Å². The van der Waals surface area contributed by atoms with Gasteiger partial charge in [-0.05, 0) is 12.1 Å². The highest BCUT2D eigenvalue weighted by Gasteiger charge is 2.14. The summed E-state index contributed by atoms with van der Waals surface area (Å²) < 4.78 is 2.03. The second kappa shape index (κ2) is 4.03. The largest absolute Gasteiger partial charge is 0.398 e. The first-order chi connectivity index (χ1) is 9.08. The molecule has 1 heterocycles. The summed E-state index contributed by atoms with van der Waals surface area (Å²) in [6, 6.07) is 8.88. The van der Waals surface area contributed by atoms with E-state index < -0.39 is 6.03 Å². The molecule has 7 N–H and O–H groups in total. The lowest BCUT2D eigenvalue weighted by molar-refractivity contribution is 0.259. The molecular formula is C13H12N4OS. The summed E-state index contributed by atoms with van der Waals surface area (Å²) in [5, 5.41) is 4.39. The maximum Gasteiger partial charge on any atom is 0.316 e. The predicted molar refractivity (Wildman–Crippen MR) is 81.4 cm³/mol. The maximum absolute atomic E-state index is 11.0. The van der Waals surface area contributed by atoms with Crippen LogP contribution in [0.25, 0.3) is 20.2 Å². The number of nitrogen functional groups attached to an aromatic ring is 2. The first-order valence-corrected chi connectivity index (χ1v) is 6.45. The summed E-state index contributed by atoms with van der Waals surface area (Å²) in [6.07, 6.45) is 0. The number of nitrogens with two attached hydrogens (primary N) is 3. The molecule has 0 aliphatic carbocycles. The van der Waals surface area contributed by atoms with Crippen LogP contribution in [0.4, 0.5) is 21.9 Å². The third-order valence-corrected chi connectivity index (χ3v) is 4.19. The summed E-state index contributed by atoms with van der Waals surface area (Å²) in [6.45, 7) is 0. The molecule has 96 valence electrons. The van der Waals surface area contributed by atoms with Gasteiger partial charge in [-0.25, -0.2) is 4.79 Å². The van der Waals surface area contributed by atoms with Crippen LogP contribution in [0.15, 0.2) is 30.3 Å². The Hall–Kier alpha value is -2.47. The van der Waals surface area contributed by atoms with Crippen molar-refractivity contribution in [2.24, 2.45) is 5.73 Å². The van der Waals surface area contributed by atoms with Gasteiger partial charge < -0.3 is 22.5 Å². The van der Waals surface area contributed by atoms with Crippen LogP contribution in [0.5, 0.6) is 0 Å². The smallest absolute Gasteiger partial charge is 0.316 e. The zero-order valence-corrected chi connectivity index (χ0v) is 10.8. The Morgan fingerprint density at radius 3 is 2.68 bits per heavy atom. The quantitative estimate of drug-likeness (QED) is 0.511. The van der Waals surface area contributed by atoms with Crippen molar-refractivity contribution < 1.29 is 4.79 Å². The van der Waals surface area contributed by atoms with Crippen LogP contribution < -0.4 is 22.5 Å². The lowest BCUT2D eigenvalue weighted by Gasteiger charge is -2.09. The Labute approximate surface area is 113 Å². The summed E-state index contributed by atoms with van der Waals surface area (Å²) in [5.74, 6) is 0. The Bertz CT molecular complexity index is 809. The number of primary amides is 1. The van der Waals surface area contributed by atoms with E-state index in [2.05, 4.69) is 5.32 Å². The number of fused-ring (bicyclic) bond motifs is 3. The highest BCUT2D eigenvalue weighted by molar-refractivity contribution is 7.26. The van der Waals surface area contributed by atoms with Crippen molar-refractivity contribution in [2.75, 3.05) is 16.8 Å². The molecule has 3 aromatic rings. The van der Waals surface area contributed by atoms with Gasteiger partial charge in [0.15, 0.2) is 0 Å². The Kier molecular flexibility index (Phi) is 2.46. The molecule has 0 radical (unpaired) electrons. The van der Waals surface area contributed by atoms with Crippen molar-refractivity contribution in [2.45, 2.75) is 0 Å². The van der Waals surface area contributed by atoms with E-state index in [-0.39, 0.29) is 0 Å². The molecule has 0 fully saturated rings. The van der Waals surface area contributed by atoms with Crippen LogP contribution in [0.3, 0.4) is 0 Å². The highest BCUT2D eigenvalue weighted by Crippen LogP contribution is 2.43. The van der Waals surface area contributed by atoms with Crippen molar-refractivity contribution in [3.8, 4) is 0 Å². The number of benzene rings is 2. The normalized spacial score (nSPS) is 10.9. The van der Waals surface area contributed by atoms with Gasteiger partial charge in [0.05, 0.1) is 21.8 Å². The van der Waals surface area contributed by atoms with Gasteiger partial charge in [-0.15, -0.1) is 11.3 Å². The zero-order valence-electron chi connectivity index (χ0n) is 9.94. The van der Waals surface area contributed by atoms with Crippen LogP contribution in [0.2, 0.25) is 0 Å². The lowest BCUT2D eigenvalue weighted by atomic mass is 10.1. The first kappa shape index (κ1) is 11.6. The number of anilines is 3. The van der Waals surface area contributed by atoms with E-state index >= 15 is 0 Å². The van der Waals surface area contributed by atoms with Crippen LogP contribution in [-0.2, 0) is 0 Å². The minimum atomic E-state index is -0.662. The number of rotatable bonds is 1. The lowest BCUT2D eigenvalue weighted by Crippen LogP contribution is -2.20. The van der Waals surface area contributed by atoms with E-state index in [1.807, 2.05) is 24.3 Å². The molecule has 1 aromatic heterocycles. The van der Waals surface area contributed by atoms with Crippen molar-refractivity contribution in [3.63, 3.8) is 0 Å². The van der Waals surface area contributed by atoms with Gasteiger partial charge >= 0.3 is 6.03 Å². The molecule has 0 aliphatic heterocycles. The topological polar surface area (TPSA) is 107 Å². The molecule has 0 bridgehead atoms. The number of carbonyl (C=O) groups is 1. The van der Waals surface area contributed by atoms with Gasteiger partial charge in [-0.2, -0.15) is 0 Å². The molecule has 0 aliphatic rings. The molecule has 0 atom stereocenters. The average molecular weight is 272 g/mol. The number of urea groups is 1. The second-order valence-corrected chi connectivity index (χ2v) is 5.27. The van der Waals surface area contributed by atoms with Gasteiger partial charge in [0.25, 0.3) is 0 Å². The van der Waals surface area contributed by atoms with Gasteiger partial charge in [0.2, 0.25) is 0 Å². The van der Waals surface area contributed by atoms with Crippen LogP contribution in [0.1, 0.15) is 0 Å². The first-order valence-electron chi connectivity index (χ1n) is 5.63. The maximum atomic E-state index is 11.0. The fourth-order valence-corrected chi connectivity index (χ4v) is 3.33. The molecule has 0 spiro atoms.